The van der Waals surface area contributed by atoms with Gasteiger partial charge in [0.2, 0.25) is 5.91 Å². The fraction of sp³-hybridized carbons (Fsp3) is 0.318. The number of fused-ring (bicyclic) bond motifs is 1. The average molecular weight is 434 g/mol. The van der Waals surface area contributed by atoms with Gasteiger partial charge in [0.25, 0.3) is 0 Å². The molecule has 1 saturated heterocycles. The molecule has 1 N–H and O–H groups in total. The molecule has 4 aromatic rings. The Hall–Kier alpha value is -3.82. The maximum Gasteiger partial charge on any atom is 0.224 e. The van der Waals surface area contributed by atoms with E-state index in [0.29, 0.717) is 24.3 Å². The highest BCUT2D eigenvalue weighted by atomic mass is 19.1. The van der Waals surface area contributed by atoms with Crippen molar-refractivity contribution in [2.75, 3.05) is 18.0 Å². The smallest absolute Gasteiger partial charge is 0.224 e. The Morgan fingerprint density at radius 2 is 1.94 bits per heavy atom. The number of halogens is 1. The lowest BCUT2D eigenvalue weighted by Crippen LogP contribution is -2.42. The zero-order valence-electron chi connectivity index (χ0n) is 17.6. The molecule has 5 rings (SSSR count). The molecule has 1 aliphatic heterocycles. The van der Waals surface area contributed by atoms with Gasteiger partial charge in [0.05, 0.1) is 0 Å². The molecular formula is C22H23FN8O. The van der Waals surface area contributed by atoms with Gasteiger partial charge >= 0.3 is 0 Å². The van der Waals surface area contributed by atoms with Crippen molar-refractivity contribution < 1.29 is 9.18 Å². The molecule has 0 bridgehead atoms. The van der Waals surface area contributed by atoms with Crippen molar-refractivity contribution in [2.24, 2.45) is 13.0 Å². The van der Waals surface area contributed by atoms with Crippen LogP contribution in [0.25, 0.3) is 5.65 Å². The molecule has 1 amide bonds. The minimum absolute atomic E-state index is 0.0239. The van der Waals surface area contributed by atoms with E-state index in [0.717, 1.165) is 24.5 Å². The number of nitrogens with zero attached hydrogens (tertiary/aromatic N) is 7. The third kappa shape index (κ3) is 3.91. The molecular weight excluding hydrogens is 411 g/mol. The normalized spacial score (nSPS) is 15.8. The number of hydrogen-bond donors (Lipinski definition) is 1. The summed E-state index contributed by atoms with van der Waals surface area (Å²) in [4.78, 5) is 19.7. The van der Waals surface area contributed by atoms with Crippen molar-refractivity contribution in [3.8, 4) is 0 Å². The van der Waals surface area contributed by atoms with Gasteiger partial charge in [0.15, 0.2) is 5.65 Å². The van der Waals surface area contributed by atoms with Crippen LogP contribution in [-0.4, -0.2) is 48.4 Å². The third-order valence-electron chi connectivity index (χ3n) is 5.94. The van der Waals surface area contributed by atoms with E-state index in [4.69, 9.17) is 0 Å². The predicted octanol–water partition coefficient (Wildman–Crippen LogP) is 2.12. The summed E-state index contributed by atoms with van der Waals surface area (Å²) in [5.41, 5.74) is 1.49. The number of rotatable bonds is 5. The summed E-state index contributed by atoms with van der Waals surface area (Å²) >= 11 is 0. The highest BCUT2D eigenvalue weighted by Crippen LogP contribution is 2.25. The summed E-state index contributed by atoms with van der Waals surface area (Å²) in [5.74, 6) is 1.09. The topological polar surface area (TPSA) is 93.2 Å². The SMILES string of the molecule is Cn1ccnc1[C@H](NC(=O)C1CCN(c2ccc3nncn3n2)CC1)c1ccc(F)cc1. The minimum atomic E-state index is -0.445. The summed E-state index contributed by atoms with van der Waals surface area (Å²) in [6, 6.07) is 9.53. The van der Waals surface area contributed by atoms with E-state index in [-0.39, 0.29) is 17.6 Å². The molecule has 0 aliphatic carbocycles. The fourth-order valence-corrected chi connectivity index (χ4v) is 4.13. The van der Waals surface area contributed by atoms with Gasteiger partial charge in [-0.2, -0.15) is 4.52 Å². The van der Waals surface area contributed by atoms with Gasteiger partial charge in [0.1, 0.15) is 29.8 Å². The number of anilines is 1. The number of aryl methyl sites for hydroxylation is 1. The summed E-state index contributed by atoms with van der Waals surface area (Å²) in [7, 11) is 1.88. The second kappa shape index (κ2) is 8.37. The van der Waals surface area contributed by atoms with Gasteiger partial charge in [-0.05, 0) is 42.7 Å². The van der Waals surface area contributed by atoms with Gasteiger partial charge in [-0.1, -0.05) is 12.1 Å². The van der Waals surface area contributed by atoms with Crippen LogP contribution in [0.1, 0.15) is 30.3 Å². The third-order valence-corrected chi connectivity index (χ3v) is 5.94. The first-order valence-corrected chi connectivity index (χ1v) is 10.5. The van der Waals surface area contributed by atoms with E-state index < -0.39 is 6.04 Å². The lowest BCUT2D eigenvalue weighted by Gasteiger charge is -2.32. The first-order chi connectivity index (χ1) is 15.6. The fourth-order valence-electron chi connectivity index (χ4n) is 4.13. The quantitative estimate of drug-likeness (QED) is 0.517. The second-order valence-corrected chi connectivity index (χ2v) is 7.98. The zero-order valence-corrected chi connectivity index (χ0v) is 17.6. The maximum atomic E-state index is 13.4. The summed E-state index contributed by atoms with van der Waals surface area (Å²) < 4.78 is 17.0. The largest absolute Gasteiger partial charge is 0.355 e. The second-order valence-electron chi connectivity index (χ2n) is 7.98. The Morgan fingerprint density at radius 1 is 1.16 bits per heavy atom. The van der Waals surface area contributed by atoms with Gasteiger partial charge in [-0.3, -0.25) is 4.79 Å². The molecule has 3 aromatic heterocycles. The van der Waals surface area contributed by atoms with Crippen LogP contribution in [0.15, 0.2) is 55.1 Å². The van der Waals surface area contributed by atoms with E-state index in [9.17, 15) is 9.18 Å². The molecule has 0 spiro atoms. The lowest BCUT2D eigenvalue weighted by molar-refractivity contribution is -0.126. The molecule has 1 aromatic carbocycles. The Morgan fingerprint density at radius 3 is 2.66 bits per heavy atom. The Bertz CT molecular complexity index is 1230. The highest BCUT2D eigenvalue weighted by Gasteiger charge is 2.29. The molecule has 10 heteroatoms. The highest BCUT2D eigenvalue weighted by molar-refractivity contribution is 5.79. The number of imidazole rings is 1. The van der Waals surface area contributed by atoms with Gasteiger partial charge in [-0.25, -0.2) is 9.37 Å². The monoisotopic (exact) mass is 434 g/mol. The maximum absolute atomic E-state index is 13.4. The average Bonchev–Trinajstić information content (AvgIpc) is 3.46. The van der Waals surface area contributed by atoms with Crippen LogP contribution in [-0.2, 0) is 11.8 Å². The standard InChI is InChI=1S/C22H23FN8O/c1-29-13-10-24-21(29)20(15-2-4-17(23)5-3-15)26-22(32)16-8-11-30(12-9-16)19-7-6-18-27-25-14-31(18)28-19/h2-7,10,13-14,16,20H,8-9,11-12H2,1H3,(H,26,32)/t20-/m1/s1. The number of piperidine rings is 1. The van der Waals surface area contributed by atoms with Crippen LogP contribution in [0.4, 0.5) is 10.2 Å². The van der Waals surface area contributed by atoms with Crippen molar-refractivity contribution in [3.63, 3.8) is 0 Å². The van der Waals surface area contributed by atoms with E-state index >= 15 is 0 Å². The van der Waals surface area contributed by atoms with Crippen LogP contribution >= 0.6 is 0 Å². The van der Waals surface area contributed by atoms with E-state index in [1.165, 1.54) is 12.1 Å². The molecule has 1 fully saturated rings. The van der Waals surface area contributed by atoms with Crippen molar-refractivity contribution >= 4 is 17.4 Å². The first-order valence-electron chi connectivity index (χ1n) is 10.5. The molecule has 0 saturated carbocycles. The number of benzene rings is 1. The van der Waals surface area contributed by atoms with Crippen molar-refractivity contribution in [3.05, 3.63) is 72.3 Å². The number of amides is 1. The van der Waals surface area contributed by atoms with Gasteiger partial charge in [0, 0.05) is 38.4 Å². The Kier molecular flexibility index (Phi) is 5.26. The molecule has 4 heterocycles. The minimum Gasteiger partial charge on any atom is -0.355 e. The van der Waals surface area contributed by atoms with Crippen molar-refractivity contribution in [1.82, 2.24) is 34.7 Å². The van der Waals surface area contributed by atoms with Crippen LogP contribution in [0, 0.1) is 11.7 Å². The number of carbonyl (C=O) groups excluding carboxylic acids is 1. The van der Waals surface area contributed by atoms with Gasteiger partial charge < -0.3 is 14.8 Å². The molecule has 1 atom stereocenters. The number of aromatic nitrogens is 6. The van der Waals surface area contributed by atoms with E-state index in [1.807, 2.05) is 29.9 Å². The van der Waals surface area contributed by atoms with Crippen LogP contribution < -0.4 is 10.2 Å². The number of nitrogens with one attached hydrogen (secondary N) is 1. The summed E-state index contributed by atoms with van der Waals surface area (Å²) in [6.45, 7) is 1.45. The predicted molar refractivity (Wildman–Crippen MR) is 115 cm³/mol. The summed E-state index contributed by atoms with van der Waals surface area (Å²) in [6.07, 6.45) is 6.52. The van der Waals surface area contributed by atoms with Gasteiger partial charge in [-0.15, -0.1) is 15.3 Å². The van der Waals surface area contributed by atoms with E-state index in [1.54, 1.807) is 29.2 Å². The van der Waals surface area contributed by atoms with Crippen molar-refractivity contribution in [1.29, 1.82) is 0 Å². The zero-order chi connectivity index (χ0) is 22.1. The number of hydrogen-bond acceptors (Lipinski definition) is 6. The molecule has 0 radical (unpaired) electrons. The van der Waals surface area contributed by atoms with Crippen LogP contribution in [0.2, 0.25) is 0 Å². The molecule has 164 valence electrons. The number of carbonyl (C=O) groups is 1. The molecule has 9 nitrogen and oxygen atoms in total. The van der Waals surface area contributed by atoms with Crippen molar-refractivity contribution in [2.45, 2.75) is 18.9 Å². The lowest BCUT2D eigenvalue weighted by atomic mass is 9.95. The van der Waals surface area contributed by atoms with Crippen LogP contribution in [0.5, 0.6) is 0 Å². The van der Waals surface area contributed by atoms with Crippen LogP contribution in [0.3, 0.4) is 0 Å². The summed E-state index contributed by atoms with van der Waals surface area (Å²) in [5, 5.41) is 15.5. The molecule has 0 unspecified atom stereocenters. The van der Waals surface area contributed by atoms with E-state index in [2.05, 4.69) is 30.5 Å². The molecule has 1 aliphatic rings. The molecule has 32 heavy (non-hydrogen) atoms. The first kappa shape index (κ1) is 20.1. The Labute approximate surface area is 183 Å². The Balaban J connectivity index is 1.28.